The fraction of sp³-hybridized carbons (Fsp3) is 0.906. The van der Waals surface area contributed by atoms with Gasteiger partial charge >= 0.3 is 0 Å². The molecule has 1 nitrogen and oxygen atoms in total. The molecule has 0 atom stereocenters. The number of carbonyl (C=O) groups excluding carboxylic acids is 1. The summed E-state index contributed by atoms with van der Waals surface area (Å²) in [6.45, 7) is 4.58. The first-order valence-electron chi connectivity index (χ1n) is 15.5. The lowest BCUT2D eigenvalue weighted by Crippen LogP contribution is -1.88. The van der Waals surface area contributed by atoms with Crippen LogP contribution in [0.15, 0.2) is 11.6 Å². The maximum absolute atomic E-state index is 11.3. The minimum Gasteiger partial charge on any atom is -0.298 e. The van der Waals surface area contributed by atoms with E-state index in [0.717, 1.165) is 24.7 Å². The van der Waals surface area contributed by atoms with Crippen LogP contribution in [-0.4, -0.2) is 6.29 Å². The molecule has 0 rings (SSSR count). The van der Waals surface area contributed by atoms with Crippen LogP contribution in [-0.2, 0) is 4.79 Å². The lowest BCUT2D eigenvalue weighted by molar-refractivity contribution is -0.105. The number of allylic oxidation sites excluding steroid dienone is 2. The van der Waals surface area contributed by atoms with Crippen molar-refractivity contribution >= 4 is 6.29 Å². The molecule has 0 aromatic rings. The average molecular weight is 463 g/mol. The van der Waals surface area contributed by atoms with Crippen molar-refractivity contribution in [1.29, 1.82) is 0 Å². The zero-order valence-electron chi connectivity index (χ0n) is 23.2. The quantitative estimate of drug-likeness (QED) is 0.0641. The molecular formula is C32H62O. The van der Waals surface area contributed by atoms with Gasteiger partial charge in [0.1, 0.15) is 6.29 Å². The Labute approximate surface area is 210 Å². The maximum atomic E-state index is 11.3. The Balaban J connectivity index is 3.36. The summed E-state index contributed by atoms with van der Waals surface area (Å²) in [6, 6.07) is 0. The molecule has 0 amide bonds. The van der Waals surface area contributed by atoms with Gasteiger partial charge in [-0.15, -0.1) is 0 Å². The van der Waals surface area contributed by atoms with E-state index in [1.165, 1.54) is 161 Å². The van der Waals surface area contributed by atoms with Crippen molar-refractivity contribution in [1.82, 2.24) is 0 Å². The van der Waals surface area contributed by atoms with E-state index in [-0.39, 0.29) is 0 Å². The summed E-state index contributed by atoms with van der Waals surface area (Å²) in [6.07, 6.45) is 40.2. The number of aldehydes is 1. The molecule has 0 bridgehead atoms. The molecule has 0 aliphatic carbocycles. The zero-order chi connectivity index (χ0) is 24.1. The summed E-state index contributed by atoms with van der Waals surface area (Å²) in [5, 5.41) is 0. The Hall–Kier alpha value is -0.590. The second-order valence-electron chi connectivity index (χ2n) is 10.6. The van der Waals surface area contributed by atoms with Crippen molar-refractivity contribution < 1.29 is 4.79 Å². The molecule has 196 valence electrons. The highest BCUT2D eigenvalue weighted by Gasteiger charge is 1.98. The van der Waals surface area contributed by atoms with Crippen molar-refractivity contribution in [3.8, 4) is 0 Å². The van der Waals surface area contributed by atoms with E-state index in [9.17, 15) is 4.79 Å². The van der Waals surface area contributed by atoms with E-state index in [2.05, 4.69) is 19.9 Å². The molecular weight excluding hydrogens is 400 g/mol. The molecule has 0 fully saturated rings. The number of rotatable bonds is 28. The number of unbranched alkanes of at least 4 members (excludes halogenated alkanes) is 24. The molecule has 0 radical (unpaired) electrons. The SMILES string of the molecule is CCCCCCCCCCCCCCCC=C(C=O)CCCCCCCCCCCCCC. The molecule has 33 heavy (non-hydrogen) atoms. The van der Waals surface area contributed by atoms with E-state index in [1.54, 1.807) is 0 Å². The molecule has 0 unspecified atom stereocenters. The average Bonchev–Trinajstić information content (AvgIpc) is 2.83. The van der Waals surface area contributed by atoms with Gasteiger partial charge in [0.15, 0.2) is 0 Å². The third-order valence-electron chi connectivity index (χ3n) is 7.18. The van der Waals surface area contributed by atoms with Gasteiger partial charge in [-0.25, -0.2) is 0 Å². The van der Waals surface area contributed by atoms with E-state index in [4.69, 9.17) is 0 Å². The van der Waals surface area contributed by atoms with Gasteiger partial charge in [-0.3, -0.25) is 4.79 Å². The van der Waals surface area contributed by atoms with E-state index in [0.29, 0.717) is 0 Å². The molecule has 0 aliphatic rings. The van der Waals surface area contributed by atoms with Gasteiger partial charge in [0.25, 0.3) is 0 Å². The zero-order valence-corrected chi connectivity index (χ0v) is 23.2. The van der Waals surface area contributed by atoms with Gasteiger partial charge < -0.3 is 0 Å². The number of carbonyl (C=O) groups is 1. The third kappa shape index (κ3) is 27.5. The normalized spacial score (nSPS) is 11.9. The van der Waals surface area contributed by atoms with Gasteiger partial charge in [-0.1, -0.05) is 168 Å². The first-order chi connectivity index (χ1) is 16.3. The summed E-state index contributed by atoms with van der Waals surface area (Å²) in [4.78, 5) is 11.3. The van der Waals surface area contributed by atoms with E-state index in [1.807, 2.05) is 0 Å². The van der Waals surface area contributed by atoms with Crippen LogP contribution in [0.25, 0.3) is 0 Å². The molecule has 0 aliphatic heterocycles. The van der Waals surface area contributed by atoms with Gasteiger partial charge in [0, 0.05) is 0 Å². The van der Waals surface area contributed by atoms with Gasteiger partial charge in [0.2, 0.25) is 0 Å². The summed E-state index contributed by atoms with van der Waals surface area (Å²) in [5.41, 5.74) is 1.06. The number of hydrogen-bond acceptors (Lipinski definition) is 1. The molecule has 0 saturated carbocycles. The Morgan fingerprint density at radius 2 is 0.727 bits per heavy atom. The standard InChI is InChI=1S/C32H62O/c1-3-5-7-9-11-13-15-17-18-20-22-24-26-28-30-32(31-33)29-27-25-23-21-19-16-14-12-10-8-6-4-2/h30-31H,3-29H2,1-2H3. The van der Waals surface area contributed by atoms with Gasteiger partial charge in [0.05, 0.1) is 0 Å². The maximum Gasteiger partial charge on any atom is 0.145 e. The lowest BCUT2D eigenvalue weighted by atomic mass is 10.0. The van der Waals surface area contributed by atoms with Crippen LogP contribution in [0.3, 0.4) is 0 Å². The Bertz CT molecular complexity index is 397. The highest BCUT2D eigenvalue weighted by Crippen LogP contribution is 2.16. The molecule has 0 heterocycles. The Morgan fingerprint density at radius 3 is 1.06 bits per heavy atom. The summed E-state index contributed by atoms with van der Waals surface area (Å²) in [5.74, 6) is 0. The molecule has 0 aromatic carbocycles. The Morgan fingerprint density at radius 1 is 0.424 bits per heavy atom. The van der Waals surface area contributed by atoms with Crippen molar-refractivity contribution in [2.45, 2.75) is 187 Å². The van der Waals surface area contributed by atoms with Crippen molar-refractivity contribution in [2.75, 3.05) is 0 Å². The van der Waals surface area contributed by atoms with Crippen LogP contribution < -0.4 is 0 Å². The molecule has 1 heteroatoms. The molecule has 0 N–H and O–H groups in total. The van der Waals surface area contributed by atoms with E-state index >= 15 is 0 Å². The van der Waals surface area contributed by atoms with Crippen LogP contribution in [0, 0.1) is 0 Å². The molecule has 0 spiro atoms. The Kier molecular flexibility index (Phi) is 28.9. The largest absolute Gasteiger partial charge is 0.298 e. The second-order valence-corrected chi connectivity index (χ2v) is 10.6. The van der Waals surface area contributed by atoms with Crippen molar-refractivity contribution in [3.05, 3.63) is 11.6 Å². The van der Waals surface area contributed by atoms with Crippen LogP contribution >= 0.6 is 0 Å². The van der Waals surface area contributed by atoms with Gasteiger partial charge in [-0.05, 0) is 31.3 Å². The van der Waals surface area contributed by atoms with Gasteiger partial charge in [-0.2, -0.15) is 0 Å². The van der Waals surface area contributed by atoms with Crippen LogP contribution in [0.4, 0.5) is 0 Å². The fourth-order valence-corrected chi connectivity index (χ4v) is 4.83. The molecule has 0 saturated heterocycles. The van der Waals surface area contributed by atoms with Crippen molar-refractivity contribution in [2.24, 2.45) is 0 Å². The topological polar surface area (TPSA) is 17.1 Å². The van der Waals surface area contributed by atoms with Crippen LogP contribution in [0.2, 0.25) is 0 Å². The lowest BCUT2D eigenvalue weighted by Gasteiger charge is -2.04. The predicted octanol–water partition coefficient (Wildman–Crippen LogP) is 11.7. The minimum atomic E-state index is 0.999. The molecule has 0 aromatic heterocycles. The fourth-order valence-electron chi connectivity index (χ4n) is 4.83. The highest BCUT2D eigenvalue weighted by molar-refractivity contribution is 5.72. The first kappa shape index (κ1) is 32.4. The van der Waals surface area contributed by atoms with E-state index < -0.39 is 0 Å². The monoisotopic (exact) mass is 462 g/mol. The van der Waals surface area contributed by atoms with Crippen LogP contribution in [0.1, 0.15) is 187 Å². The summed E-state index contributed by atoms with van der Waals surface area (Å²) < 4.78 is 0. The first-order valence-corrected chi connectivity index (χ1v) is 15.5. The smallest absolute Gasteiger partial charge is 0.145 e. The van der Waals surface area contributed by atoms with Crippen LogP contribution in [0.5, 0.6) is 0 Å². The minimum absolute atomic E-state index is 0.999. The summed E-state index contributed by atoms with van der Waals surface area (Å²) in [7, 11) is 0. The van der Waals surface area contributed by atoms with Crippen molar-refractivity contribution in [3.63, 3.8) is 0 Å². The summed E-state index contributed by atoms with van der Waals surface area (Å²) >= 11 is 0. The second kappa shape index (κ2) is 29.4. The third-order valence-corrected chi connectivity index (χ3v) is 7.18. The predicted molar refractivity (Wildman–Crippen MR) is 150 cm³/mol. The highest BCUT2D eigenvalue weighted by atomic mass is 16.1. The number of hydrogen-bond donors (Lipinski definition) is 0.